The number of aliphatic hydroxyl groups excluding tert-OH is 1. The monoisotopic (exact) mass is 570 g/mol. The average molecular weight is 571 g/mol. The zero-order valence-electron chi connectivity index (χ0n) is 24.1. The summed E-state index contributed by atoms with van der Waals surface area (Å²) in [5, 5.41) is 18.7. The van der Waals surface area contributed by atoms with Gasteiger partial charge in [0.15, 0.2) is 0 Å². The number of rotatable bonds is 19. The molecule has 0 radical (unpaired) electrons. The van der Waals surface area contributed by atoms with Crippen LogP contribution in [0.1, 0.15) is 39.5 Å². The molecular formula is C26H52O9P2. The maximum atomic E-state index is 13.1. The molecule has 0 saturated carbocycles. The molecule has 0 spiro atoms. The van der Waals surface area contributed by atoms with Crippen LogP contribution in [0.25, 0.3) is 0 Å². The summed E-state index contributed by atoms with van der Waals surface area (Å²) in [5.41, 5.74) is 0. The second kappa shape index (κ2) is 17.3. The van der Waals surface area contributed by atoms with Gasteiger partial charge in [-0.2, -0.15) is 0 Å². The first kappa shape index (κ1) is 35.7. The van der Waals surface area contributed by atoms with Gasteiger partial charge in [-0.15, -0.1) is 0 Å². The van der Waals surface area contributed by atoms with Gasteiger partial charge in [0, 0.05) is 0 Å². The summed E-state index contributed by atoms with van der Waals surface area (Å²) in [6.45, 7) is 16.6. The van der Waals surface area contributed by atoms with E-state index in [9.17, 15) is 24.3 Å². The Labute approximate surface area is 224 Å². The molecule has 11 heteroatoms. The van der Waals surface area contributed by atoms with Gasteiger partial charge in [-0.3, -0.25) is 0 Å². The molecule has 9 nitrogen and oxygen atoms in total. The van der Waals surface area contributed by atoms with Crippen LogP contribution in [0.4, 0.5) is 0 Å². The number of carbonyl (C=O) groups excluding carboxylic acids is 3. The standard InChI is InChI=1S/C26H52O9P2/c1-9-20(25(31)34-12-14-36(3,4)5)17-22(26(32)35-13-15-37(6,7)8)18-21(23(28)29)16-19(2)24(30)33-11-10-27/h19-22,27,36-37H,9-18H2,1-8H3,(H,28,29). The van der Waals surface area contributed by atoms with E-state index >= 15 is 0 Å². The molecule has 37 heavy (non-hydrogen) atoms. The second-order valence-electron chi connectivity index (χ2n) is 12.3. The third kappa shape index (κ3) is 17.0. The first-order valence-electron chi connectivity index (χ1n) is 13.3. The average Bonchev–Trinajstić information content (AvgIpc) is 2.76. The fraction of sp³-hybridized carbons (Fsp3) is 0.846. The molecule has 0 fully saturated rings. The Morgan fingerprint density at radius 3 is 1.51 bits per heavy atom. The summed E-state index contributed by atoms with van der Waals surface area (Å²) >= 11 is 0. The summed E-state index contributed by atoms with van der Waals surface area (Å²) in [6.07, 6.45) is 2.10. The first-order valence-corrected chi connectivity index (χ1v) is 20.8. The van der Waals surface area contributed by atoms with Crippen molar-refractivity contribution in [2.24, 2.45) is 23.7 Å². The van der Waals surface area contributed by atoms with Crippen molar-refractivity contribution in [3.05, 3.63) is 0 Å². The fourth-order valence-electron chi connectivity index (χ4n) is 3.67. The number of aliphatic hydroxyl groups is 1. The molecule has 2 N–H and O–H groups in total. The molecule has 0 aliphatic heterocycles. The summed E-state index contributed by atoms with van der Waals surface area (Å²) < 4.78 is 16.0. The molecule has 0 aliphatic rings. The van der Waals surface area contributed by atoms with Crippen LogP contribution in [-0.4, -0.2) is 113 Å². The molecule has 0 heterocycles. The van der Waals surface area contributed by atoms with E-state index in [1.54, 1.807) is 6.92 Å². The van der Waals surface area contributed by atoms with Crippen LogP contribution in [0.3, 0.4) is 0 Å². The minimum atomic E-state index is -1.45. The Bertz CT molecular complexity index is 729. The van der Waals surface area contributed by atoms with E-state index in [4.69, 9.17) is 19.3 Å². The Hall–Kier alpha value is -1.30. The number of carbonyl (C=O) groups is 4. The van der Waals surface area contributed by atoms with Crippen LogP contribution in [0.5, 0.6) is 0 Å². The van der Waals surface area contributed by atoms with Gasteiger partial charge < -0.3 is 5.11 Å². The van der Waals surface area contributed by atoms with E-state index in [1.807, 2.05) is 6.92 Å². The van der Waals surface area contributed by atoms with Crippen molar-refractivity contribution in [3.63, 3.8) is 0 Å². The van der Waals surface area contributed by atoms with Gasteiger partial charge in [0.25, 0.3) is 0 Å². The predicted molar refractivity (Wildman–Crippen MR) is 153 cm³/mol. The summed E-state index contributed by atoms with van der Waals surface area (Å²) in [5.74, 6) is -5.76. The van der Waals surface area contributed by atoms with E-state index in [2.05, 4.69) is 40.0 Å². The molecule has 0 bridgehead atoms. The van der Waals surface area contributed by atoms with Gasteiger partial charge in [-0.25, -0.2) is 0 Å². The fourth-order valence-corrected chi connectivity index (χ4v) is 5.09. The van der Waals surface area contributed by atoms with E-state index in [0.717, 1.165) is 12.3 Å². The van der Waals surface area contributed by atoms with E-state index in [1.165, 1.54) is 0 Å². The third-order valence-electron chi connectivity index (χ3n) is 6.22. The zero-order chi connectivity index (χ0) is 28.8. The quantitative estimate of drug-likeness (QED) is 0.136. The normalized spacial score (nSPS) is 16.1. The zero-order valence-corrected chi connectivity index (χ0v) is 26.1. The van der Waals surface area contributed by atoms with E-state index < -0.39 is 56.1 Å². The Balaban J connectivity index is 5.57. The summed E-state index contributed by atoms with van der Waals surface area (Å²) in [6, 6.07) is 0. The molecule has 0 rings (SSSR count). The summed E-state index contributed by atoms with van der Waals surface area (Å²) in [7, 11) is -2.84. The van der Waals surface area contributed by atoms with Crippen molar-refractivity contribution in [1.29, 1.82) is 0 Å². The minimum absolute atomic E-state index is 0.0320. The van der Waals surface area contributed by atoms with Crippen molar-refractivity contribution in [3.8, 4) is 0 Å². The number of ether oxygens (including phenoxy) is 3. The predicted octanol–water partition coefficient (Wildman–Crippen LogP) is 3.04. The van der Waals surface area contributed by atoms with E-state index in [0.29, 0.717) is 13.0 Å². The van der Waals surface area contributed by atoms with Gasteiger partial charge in [0.2, 0.25) is 0 Å². The topological polar surface area (TPSA) is 136 Å². The van der Waals surface area contributed by atoms with Crippen molar-refractivity contribution in [2.75, 3.05) is 78.7 Å². The first-order chi connectivity index (χ1) is 17.0. The van der Waals surface area contributed by atoms with Gasteiger partial charge in [0.1, 0.15) is 0 Å². The summed E-state index contributed by atoms with van der Waals surface area (Å²) in [4.78, 5) is 50.1. The number of hydrogen-bond donors (Lipinski definition) is 2. The van der Waals surface area contributed by atoms with Gasteiger partial charge in [0.05, 0.1) is 6.61 Å². The molecule has 0 aromatic rings. The molecule has 0 aromatic heterocycles. The molecule has 0 aliphatic carbocycles. The van der Waals surface area contributed by atoms with E-state index in [-0.39, 0.29) is 45.1 Å². The van der Waals surface area contributed by atoms with Crippen LogP contribution in [-0.2, 0) is 33.4 Å². The number of esters is 3. The van der Waals surface area contributed by atoms with Gasteiger partial charge in [-0.1, -0.05) is 0 Å². The molecular weight excluding hydrogens is 518 g/mol. The Kier molecular flexibility index (Phi) is 16.7. The molecule has 220 valence electrons. The molecule has 0 amide bonds. The molecule has 0 saturated heterocycles. The van der Waals surface area contributed by atoms with Crippen LogP contribution < -0.4 is 0 Å². The Morgan fingerprint density at radius 1 is 0.676 bits per heavy atom. The van der Waals surface area contributed by atoms with Crippen molar-refractivity contribution >= 4 is 38.4 Å². The molecule has 4 atom stereocenters. The Morgan fingerprint density at radius 2 is 1.11 bits per heavy atom. The van der Waals surface area contributed by atoms with Crippen LogP contribution in [0.2, 0.25) is 0 Å². The van der Waals surface area contributed by atoms with Crippen molar-refractivity contribution < 1.29 is 43.6 Å². The van der Waals surface area contributed by atoms with Crippen molar-refractivity contribution in [1.82, 2.24) is 0 Å². The van der Waals surface area contributed by atoms with Crippen LogP contribution in [0.15, 0.2) is 0 Å². The van der Waals surface area contributed by atoms with Crippen LogP contribution in [0, 0.1) is 23.7 Å². The van der Waals surface area contributed by atoms with Crippen LogP contribution >= 0.6 is 14.5 Å². The number of aliphatic carboxylic acids is 1. The van der Waals surface area contributed by atoms with Crippen molar-refractivity contribution in [2.45, 2.75) is 39.5 Å². The van der Waals surface area contributed by atoms with Gasteiger partial charge >= 0.3 is 212 Å². The molecule has 4 unspecified atom stereocenters. The number of carboxylic acid groups (broad SMARTS) is 1. The maximum absolute atomic E-state index is 13.1. The third-order valence-corrected chi connectivity index (χ3v) is 9.62. The number of carboxylic acids is 1. The van der Waals surface area contributed by atoms with Gasteiger partial charge in [-0.05, 0) is 0 Å². The molecule has 0 aromatic carbocycles. The number of hydrogen-bond acceptors (Lipinski definition) is 8. The second-order valence-corrected chi connectivity index (χ2v) is 23.5. The SMILES string of the molecule is CCC(CC(CC(CC(C)C(=O)OCCO)C(=O)O)C(=O)OCC[PH](C)(C)C)C(=O)OCC[PH](C)(C)C.